The van der Waals surface area contributed by atoms with E-state index in [1.807, 2.05) is 0 Å². The lowest BCUT2D eigenvalue weighted by atomic mass is 9.76. The Morgan fingerprint density at radius 2 is 2.05 bits per heavy atom. The van der Waals surface area contributed by atoms with Crippen LogP contribution in [0.4, 0.5) is 0 Å². The van der Waals surface area contributed by atoms with Crippen LogP contribution in [0.1, 0.15) is 37.3 Å². The Hall–Kier alpha value is 0.310. The van der Waals surface area contributed by atoms with Gasteiger partial charge in [0.15, 0.2) is 0 Å². The second kappa shape index (κ2) is 6.83. The van der Waals surface area contributed by atoms with E-state index in [0.717, 1.165) is 50.0 Å². The maximum atomic E-state index is 6.62. The molecule has 1 spiro atoms. The fourth-order valence-corrected chi connectivity index (χ4v) is 4.56. The van der Waals surface area contributed by atoms with Crippen LogP contribution in [0.25, 0.3) is 0 Å². The monoisotopic (exact) mass is 465 g/mol. The molecular formula is C16H21BrINO2. The van der Waals surface area contributed by atoms with Crippen molar-refractivity contribution < 1.29 is 9.47 Å². The molecule has 3 rings (SSSR count). The summed E-state index contributed by atoms with van der Waals surface area (Å²) in [6, 6.07) is 6.45. The van der Waals surface area contributed by atoms with Gasteiger partial charge in [0.1, 0.15) is 0 Å². The molecule has 5 heteroatoms. The van der Waals surface area contributed by atoms with Gasteiger partial charge in [0.25, 0.3) is 0 Å². The summed E-state index contributed by atoms with van der Waals surface area (Å²) in [5.41, 5.74) is 7.88. The van der Waals surface area contributed by atoms with E-state index in [-0.39, 0.29) is 11.6 Å². The molecule has 2 saturated heterocycles. The number of benzene rings is 1. The summed E-state index contributed by atoms with van der Waals surface area (Å²) in [4.78, 5) is 0. The number of nitrogens with two attached hydrogens (primary N) is 1. The van der Waals surface area contributed by atoms with Crippen molar-refractivity contribution in [1.29, 1.82) is 0 Å². The van der Waals surface area contributed by atoms with Crippen LogP contribution in [-0.2, 0) is 9.47 Å². The minimum atomic E-state index is 0.0102. The van der Waals surface area contributed by atoms with E-state index in [0.29, 0.717) is 5.92 Å². The molecule has 1 aromatic rings. The van der Waals surface area contributed by atoms with Gasteiger partial charge < -0.3 is 15.2 Å². The molecule has 2 N–H and O–H groups in total. The number of ether oxygens (including phenoxy) is 2. The average molecular weight is 466 g/mol. The lowest BCUT2D eigenvalue weighted by molar-refractivity contribution is -0.149. The van der Waals surface area contributed by atoms with E-state index in [1.54, 1.807) is 0 Å². The Labute approximate surface area is 148 Å². The second-order valence-corrected chi connectivity index (χ2v) is 8.17. The Balaban J connectivity index is 1.77. The first-order valence-electron chi connectivity index (χ1n) is 7.52. The fourth-order valence-electron chi connectivity index (χ4n) is 3.49. The summed E-state index contributed by atoms with van der Waals surface area (Å²) >= 11 is 5.94. The van der Waals surface area contributed by atoms with Crippen molar-refractivity contribution in [2.45, 2.75) is 37.3 Å². The second-order valence-electron chi connectivity index (χ2n) is 6.09. The van der Waals surface area contributed by atoms with E-state index in [4.69, 9.17) is 15.2 Å². The summed E-state index contributed by atoms with van der Waals surface area (Å²) in [5, 5.41) is 0. The highest BCUT2D eigenvalue weighted by Crippen LogP contribution is 2.42. The predicted molar refractivity (Wildman–Crippen MR) is 95.2 cm³/mol. The maximum Gasteiger partial charge on any atom is 0.0729 e. The van der Waals surface area contributed by atoms with Gasteiger partial charge in [-0.05, 0) is 78.0 Å². The molecule has 2 aliphatic rings. The Kier molecular flexibility index (Phi) is 5.26. The highest BCUT2D eigenvalue weighted by Gasteiger charge is 2.41. The Morgan fingerprint density at radius 3 is 2.81 bits per heavy atom. The van der Waals surface area contributed by atoms with Crippen LogP contribution in [0.5, 0.6) is 0 Å². The molecule has 0 bridgehead atoms. The predicted octanol–water partition coefficient (Wildman–Crippen LogP) is 4.03. The molecule has 2 atom stereocenters. The molecule has 2 fully saturated rings. The van der Waals surface area contributed by atoms with E-state index in [1.165, 1.54) is 9.13 Å². The lowest BCUT2D eigenvalue weighted by Gasteiger charge is -2.45. The first-order chi connectivity index (χ1) is 10.1. The van der Waals surface area contributed by atoms with Crippen LogP contribution in [0, 0.1) is 9.49 Å². The van der Waals surface area contributed by atoms with Gasteiger partial charge in [-0.25, -0.2) is 0 Å². The Morgan fingerprint density at radius 1 is 1.29 bits per heavy atom. The molecule has 116 valence electrons. The Bertz CT molecular complexity index is 500. The molecule has 0 amide bonds. The highest BCUT2D eigenvalue weighted by atomic mass is 127. The van der Waals surface area contributed by atoms with Gasteiger partial charge in [-0.1, -0.05) is 15.9 Å². The van der Waals surface area contributed by atoms with Crippen molar-refractivity contribution in [3.05, 3.63) is 31.8 Å². The number of hydrogen-bond acceptors (Lipinski definition) is 3. The topological polar surface area (TPSA) is 44.5 Å². The first-order valence-corrected chi connectivity index (χ1v) is 9.39. The van der Waals surface area contributed by atoms with Crippen molar-refractivity contribution in [1.82, 2.24) is 0 Å². The summed E-state index contributed by atoms with van der Waals surface area (Å²) in [7, 11) is 0. The minimum Gasteiger partial charge on any atom is -0.381 e. The first kappa shape index (κ1) is 16.2. The zero-order valence-corrected chi connectivity index (χ0v) is 15.7. The van der Waals surface area contributed by atoms with E-state index >= 15 is 0 Å². The molecule has 3 nitrogen and oxygen atoms in total. The average Bonchev–Trinajstić information content (AvgIpc) is 2.50. The van der Waals surface area contributed by atoms with E-state index in [2.05, 4.69) is 56.7 Å². The molecule has 0 aromatic heterocycles. The van der Waals surface area contributed by atoms with Crippen LogP contribution >= 0.6 is 38.5 Å². The molecule has 2 unspecified atom stereocenters. The fraction of sp³-hybridized carbons (Fsp3) is 0.625. The van der Waals surface area contributed by atoms with E-state index < -0.39 is 0 Å². The normalized spacial score (nSPS) is 26.7. The third-order valence-corrected chi connectivity index (χ3v) is 6.24. The smallest absolute Gasteiger partial charge is 0.0729 e. The molecule has 0 aliphatic carbocycles. The quantitative estimate of drug-likeness (QED) is 0.670. The van der Waals surface area contributed by atoms with Gasteiger partial charge >= 0.3 is 0 Å². The van der Waals surface area contributed by atoms with Gasteiger partial charge in [-0.2, -0.15) is 0 Å². The van der Waals surface area contributed by atoms with Crippen LogP contribution in [0.15, 0.2) is 22.7 Å². The molecule has 21 heavy (non-hydrogen) atoms. The molecule has 2 heterocycles. The van der Waals surface area contributed by atoms with Crippen molar-refractivity contribution in [2.24, 2.45) is 11.7 Å². The van der Waals surface area contributed by atoms with Gasteiger partial charge in [-0.15, -0.1) is 0 Å². The van der Waals surface area contributed by atoms with Crippen molar-refractivity contribution in [3.8, 4) is 0 Å². The third-order valence-electron chi connectivity index (χ3n) is 4.76. The van der Waals surface area contributed by atoms with Gasteiger partial charge in [-0.3, -0.25) is 0 Å². The molecule has 0 radical (unpaired) electrons. The molecule has 0 saturated carbocycles. The molecular weight excluding hydrogens is 445 g/mol. The van der Waals surface area contributed by atoms with Crippen LogP contribution in [-0.4, -0.2) is 25.4 Å². The summed E-state index contributed by atoms with van der Waals surface area (Å²) < 4.78 is 14.0. The van der Waals surface area contributed by atoms with Crippen molar-refractivity contribution in [2.75, 3.05) is 19.8 Å². The number of rotatable bonds is 2. The van der Waals surface area contributed by atoms with Crippen LogP contribution < -0.4 is 5.73 Å². The minimum absolute atomic E-state index is 0.0102. The molecule has 1 aromatic carbocycles. The van der Waals surface area contributed by atoms with Crippen LogP contribution in [0.3, 0.4) is 0 Å². The van der Waals surface area contributed by atoms with Gasteiger partial charge in [0.05, 0.1) is 5.60 Å². The summed E-state index contributed by atoms with van der Waals surface area (Å²) in [6.07, 6.45) is 4.12. The summed E-state index contributed by atoms with van der Waals surface area (Å²) in [6.45, 7) is 2.45. The standard InChI is InChI=1S/C16H21BrINO2/c17-12-1-2-14(18)13(9-12)15(19)11-3-6-21-16(10-11)4-7-20-8-5-16/h1-2,9,11,15H,3-8,10,19H2. The zero-order valence-electron chi connectivity index (χ0n) is 12.0. The largest absolute Gasteiger partial charge is 0.381 e. The maximum absolute atomic E-state index is 6.62. The van der Waals surface area contributed by atoms with Crippen LogP contribution in [0.2, 0.25) is 0 Å². The van der Waals surface area contributed by atoms with E-state index in [9.17, 15) is 0 Å². The SMILES string of the molecule is NC(c1cc(Br)ccc1I)C1CCOC2(CCOCC2)C1. The van der Waals surface area contributed by atoms with Crippen molar-refractivity contribution in [3.63, 3.8) is 0 Å². The summed E-state index contributed by atoms with van der Waals surface area (Å²) in [5.74, 6) is 0.486. The number of hydrogen-bond donors (Lipinski definition) is 1. The van der Waals surface area contributed by atoms with Gasteiger partial charge in [0, 0.05) is 33.9 Å². The highest BCUT2D eigenvalue weighted by molar-refractivity contribution is 14.1. The van der Waals surface area contributed by atoms with Crippen molar-refractivity contribution >= 4 is 38.5 Å². The number of halogens is 2. The lowest BCUT2D eigenvalue weighted by Crippen LogP contribution is -2.46. The zero-order chi connectivity index (χ0) is 14.9. The third kappa shape index (κ3) is 3.63. The molecule has 2 aliphatic heterocycles. The van der Waals surface area contributed by atoms with Gasteiger partial charge in [0.2, 0.25) is 0 Å².